The first-order valence-electron chi connectivity index (χ1n) is 8.47. The third-order valence-electron chi connectivity index (χ3n) is 4.88. The van der Waals surface area contributed by atoms with Gasteiger partial charge in [0.1, 0.15) is 0 Å². The maximum absolute atomic E-state index is 12.7. The lowest BCUT2D eigenvalue weighted by Gasteiger charge is -2.26. The maximum atomic E-state index is 12.7. The zero-order valence-corrected chi connectivity index (χ0v) is 17.0. The highest BCUT2D eigenvalue weighted by molar-refractivity contribution is 9.10. The van der Waals surface area contributed by atoms with E-state index in [1.165, 1.54) is 0 Å². The number of amides is 1. The molecule has 0 aliphatic heterocycles. The fourth-order valence-electron chi connectivity index (χ4n) is 3.52. The number of hydrogen-bond acceptors (Lipinski definition) is 2. The van der Waals surface area contributed by atoms with Crippen molar-refractivity contribution in [2.45, 2.75) is 51.6 Å². The number of carbonyl (C=O) groups excluding carboxylic acids is 1. The average Bonchev–Trinajstić information content (AvgIpc) is 2.85. The lowest BCUT2D eigenvalue weighted by molar-refractivity contribution is 0.0925. The van der Waals surface area contributed by atoms with E-state index >= 15 is 0 Å². The van der Waals surface area contributed by atoms with E-state index in [9.17, 15) is 4.79 Å². The molecule has 6 heteroatoms. The van der Waals surface area contributed by atoms with Crippen molar-refractivity contribution < 1.29 is 4.79 Å². The summed E-state index contributed by atoms with van der Waals surface area (Å²) in [5.74, 6) is 0.0156. The molecule has 0 spiro atoms. The molecule has 1 fully saturated rings. The van der Waals surface area contributed by atoms with Gasteiger partial charge < -0.3 is 15.6 Å². The van der Waals surface area contributed by atoms with E-state index in [0.29, 0.717) is 6.04 Å². The highest BCUT2D eigenvalue weighted by Crippen LogP contribution is 2.27. The van der Waals surface area contributed by atoms with E-state index in [4.69, 9.17) is 5.73 Å². The molecule has 1 aliphatic rings. The van der Waals surface area contributed by atoms with Crippen LogP contribution in [0.15, 0.2) is 34.8 Å². The van der Waals surface area contributed by atoms with Crippen molar-refractivity contribution in [1.29, 1.82) is 0 Å². The number of nitrogens with one attached hydrogen (secondary N) is 1. The van der Waals surface area contributed by atoms with Crippen molar-refractivity contribution in [2.75, 3.05) is 0 Å². The van der Waals surface area contributed by atoms with Crippen molar-refractivity contribution in [3.8, 4) is 5.69 Å². The van der Waals surface area contributed by atoms with Crippen LogP contribution in [0.25, 0.3) is 5.69 Å². The molecule has 3 rings (SSSR count). The summed E-state index contributed by atoms with van der Waals surface area (Å²) in [6, 6.07) is 10.6. The Balaban J connectivity index is 0.00000225. The second kappa shape index (κ2) is 8.39. The Bertz CT molecular complexity index is 751. The quantitative estimate of drug-likeness (QED) is 0.769. The van der Waals surface area contributed by atoms with Gasteiger partial charge in [-0.05, 0) is 73.7 Å². The second-order valence-corrected chi connectivity index (χ2v) is 7.51. The fourth-order valence-corrected chi connectivity index (χ4v) is 3.99. The Morgan fingerprint density at radius 1 is 1.20 bits per heavy atom. The van der Waals surface area contributed by atoms with Gasteiger partial charge in [0, 0.05) is 27.9 Å². The zero-order valence-electron chi connectivity index (χ0n) is 14.6. The number of nitrogens with two attached hydrogens (primary N) is 1. The fraction of sp³-hybridized carbons (Fsp3) is 0.421. The van der Waals surface area contributed by atoms with Crippen LogP contribution < -0.4 is 11.1 Å². The van der Waals surface area contributed by atoms with Crippen LogP contribution in [-0.2, 0) is 0 Å². The third kappa shape index (κ3) is 4.27. The molecular formula is C19H25BrClN3O. The van der Waals surface area contributed by atoms with E-state index in [1.54, 1.807) is 0 Å². The van der Waals surface area contributed by atoms with Crippen LogP contribution in [0.4, 0.5) is 0 Å². The minimum absolute atomic E-state index is 0. The summed E-state index contributed by atoms with van der Waals surface area (Å²) in [7, 11) is 0. The van der Waals surface area contributed by atoms with E-state index in [1.807, 2.05) is 44.2 Å². The molecule has 25 heavy (non-hydrogen) atoms. The van der Waals surface area contributed by atoms with Gasteiger partial charge in [-0.2, -0.15) is 0 Å². The standard InChI is InChI=1S/C19H24BrN3O.ClH/c1-12-11-16(19(24)22-15-9-7-14(21)8-10-15)13(2)23(12)18-6-4-3-5-17(18)20;/h3-6,11,14-15H,7-10,21H2,1-2H3,(H,22,24);1H. The van der Waals surface area contributed by atoms with Crippen LogP contribution in [-0.4, -0.2) is 22.6 Å². The lowest BCUT2D eigenvalue weighted by atomic mass is 9.91. The molecular weight excluding hydrogens is 402 g/mol. The molecule has 1 saturated carbocycles. The molecule has 2 aromatic rings. The van der Waals surface area contributed by atoms with Gasteiger partial charge >= 0.3 is 0 Å². The summed E-state index contributed by atoms with van der Waals surface area (Å²) >= 11 is 3.60. The number of rotatable bonds is 3. The van der Waals surface area contributed by atoms with Crippen molar-refractivity contribution >= 4 is 34.2 Å². The van der Waals surface area contributed by atoms with Crippen LogP contribution in [0, 0.1) is 13.8 Å². The molecule has 1 heterocycles. The lowest BCUT2D eigenvalue weighted by Crippen LogP contribution is -2.40. The Hall–Kier alpha value is -1.30. The molecule has 1 aliphatic carbocycles. The van der Waals surface area contributed by atoms with Crippen molar-refractivity contribution in [1.82, 2.24) is 9.88 Å². The Morgan fingerprint density at radius 2 is 1.84 bits per heavy atom. The van der Waals surface area contributed by atoms with Gasteiger partial charge in [-0.3, -0.25) is 4.79 Å². The SMILES string of the molecule is Cc1cc(C(=O)NC2CCC(N)CC2)c(C)n1-c1ccccc1Br.Cl. The summed E-state index contributed by atoms with van der Waals surface area (Å²) in [6.07, 6.45) is 3.91. The molecule has 0 unspecified atom stereocenters. The second-order valence-electron chi connectivity index (χ2n) is 6.66. The van der Waals surface area contributed by atoms with Crippen molar-refractivity contribution in [3.05, 3.63) is 51.8 Å². The summed E-state index contributed by atoms with van der Waals surface area (Å²) in [5.41, 5.74) is 9.76. The first-order valence-corrected chi connectivity index (χ1v) is 9.27. The zero-order chi connectivity index (χ0) is 17.3. The molecule has 1 aromatic carbocycles. The van der Waals surface area contributed by atoms with Crippen LogP contribution in [0.2, 0.25) is 0 Å². The van der Waals surface area contributed by atoms with Gasteiger partial charge in [-0.25, -0.2) is 0 Å². The number of carbonyl (C=O) groups is 1. The first kappa shape index (κ1) is 20.0. The molecule has 0 atom stereocenters. The van der Waals surface area contributed by atoms with Crippen LogP contribution in [0.1, 0.15) is 47.4 Å². The molecule has 0 bridgehead atoms. The first-order chi connectivity index (χ1) is 11.5. The Morgan fingerprint density at radius 3 is 2.48 bits per heavy atom. The largest absolute Gasteiger partial charge is 0.349 e. The van der Waals surface area contributed by atoms with Gasteiger partial charge in [0.05, 0.1) is 11.3 Å². The topological polar surface area (TPSA) is 60.1 Å². The van der Waals surface area contributed by atoms with E-state index in [2.05, 4.69) is 25.8 Å². The highest BCUT2D eigenvalue weighted by Gasteiger charge is 2.23. The van der Waals surface area contributed by atoms with Crippen LogP contribution >= 0.6 is 28.3 Å². The van der Waals surface area contributed by atoms with E-state index in [0.717, 1.165) is 52.8 Å². The predicted molar refractivity (Wildman–Crippen MR) is 108 cm³/mol. The summed E-state index contributed by atoms with van der Waals surface area (Å²) < 4.78 is 3.13. The maximum Gasteiger partial charge on any atom is 0.253 e. The van der Waals surface area contributed by atoms with E-state index in [-0.39, 0.29) is 24.4 Å². The summed E-state index contributed by atoms with van der Waals surface area (Å²) in [6.45, 7) is 4.03. The summed E-state index contributed by atoms with van der Waals surface area (Å²) in [5, 5.41) is 3.18. The number of aryl methyl sites for hydroxylation is 1. The number of benzene rings is 1. The molecule has 0 radical (unpaired) electrons. The number of para-hydroxylation sites is 1. The van der Waals surface area contributed by atoms with Gasteiger partial charge in [0.2, 0.25) is 0 Å². The van der Waals surface area contributed by atoms with E-state index < -0.39 is 0 Å². The van der Waals surface area contributed by atoms with Gasteiger partial charge in [-0.15, -0.1) is 12.4 Å². The Labute approximate surface area is 163 Å². The molecule has 0 saturated heterocycles. The monoisotopic (exact) mass is 425 g/mol. The normalized spacial score (nSPS) is 20.0. The van der Waals surface area contributed by atoms with Crippen molar-refractivity contribution in [2.24, 2.45) is 5.73 Å². The van der Waals surface area contributed by atoms with Crippen molar-refractivity contribution in [3.63, 3.8) is 0 Å². The minimum Gasteiger partial charge on any atom is -0.349 e. The number of nitrogens with zero attached hydrogens (tertiary/aromatic N) is 1. The number of hydrogen-bond donors (Lipinski definition) is 2. The molecule has 1 amide bonds. The smallest absolute Gasteiger partial charge is 0.253 e. The number of halogens is 2. The predicted octanol–water partition coefficient (Wildman–Crippen LogP) is 4.28. The highest BCUT2D eigenvalue weighted by atomic mass is 79.9. The minimum atomic E-state index is 0. The third-order valence-corrected chi connectivity index (χ3v) is 5.55. The molecule has 3 N–H and O–H groups in total. The van der Waals surface area contributed by atoms with Crippen LogP contribution in [0.5, 0.6) is 0 Å². The molecule has 4 nitrogen and oxygen atoms in total. The molecule has 1 aromatic heterocycles. The Kier molecular flexibility index (Phi) is 6.72. The van der Waals surface area contributed by atoms with Gasteiger partial charge in [-0.1, -0.05) is 12.1 Å². The average molecular weight is 427 g/mol. The van der Waals surface area contributed by atoms with Crippen LogP contribution in [0.3, 0.4) is 0 Å². The summed E-state index contributed by atoms with van der Waals surface area (Å²) in [4.78, 5) is 12.7. The van der Waals surface area contributed by atoms with Gasteiger partial charge in [0.25, 0.3) is 5.91 Å². The number of aromatic nitrogens is 1. The molecule has 136 valence electrons. The van der Waals surface area contributed by atoms with Gasteiger partial charge in [0.15, 0.2) is 0 Å².